The molecular formula is C20H20N6O2. The van der Waals surface area contributed by atoms with Crippen molar-refractivity contribution in [1.29, 1.82) is 0 Å². The van der Waals surface area contributed by atoms with E-state index in [4.69, 9.17) is 0 Å². The topological polar surface area (TPSA) is 100 Å². The first-order valence-corrected chi connectivity index (χ1v) is 8.92. The molecule has 4 heterocycles. The largest absolute Gasteiger partial charge is 0.347 e. The second kappa shape index (κ2) is 7.15. The van der Waals surface area contributed by atoms with Gasteiger partial charge in [-0.05, 0) is 37.1 Å². The van der Waals surface area contributed by atoms with Gasteiger partial charge in [-0.1, -0.05) is 12.1 Å². The number of pyridine rings is 2. The van der Waals surface area contributed by atoms with E-state index in [-0.39, 0.29) is 11.9 Å². The normalized spacial score (nSPS) is 16.6. The summed E-state index contributed by atoms with van der Waals surface area (Å²) in [5.41, 5.74) is 4.52. The number of fused-ring (bicyclic) bond motifs is 1. The molecule has 1 atom stereocenters. The van der Waals surface area contributed by atoms with Crippen molar-refractivity contribution in [3.05, 3.63) is 77.1 Å². The number of nitrogens with zero attached hydrogens (tertiary/aromatic N) is 3. The molecule has 0 aliphatic carbocycles. The molecule has 8 heteroatoms. The monoisotopic (exact) mass is 376 g/mol. The van der Waals surface area contributed by atoms with E-state index < -0.39 is 6.04 Å². The van der Waals surface area contributed by atoms with E-state index in [0.717, 1.165) is 22.5 Å². The van der Waals surface area contributed by atoms with E-state index in [1.165, 1.54) is 0 Å². The molecule has 3 amide bonds. The second-order valence-corrected chi connectivity index (χ2v) is 6.67. The summed E-state index contributed by atoms with van der Waals surface area (Å²) < 4.78 is 1.95. The molecule has 0 bridgehead atoms. The van der Waals surface area contributed by atoms with Crippen LogP contribution in [0.25, 0.3) is 5.65 Å². The van der Waals surface area contributed by atoms with E-state index in [1.807, 2.05) is 35.7 Å². The maximum atomic E-state index is 13.0. The summed E-state index contributed by atoms with van der Waals surface area (Å²) in [4.78, 5) is 33.4. The summed E-state index contributed by atoms with van der Waals surface area (Å²) in [5, 5.41) is 8.41. The van der Waals surface area contributed by atoms with Crippen molar-refractivity contribution in [2.24, 2.45) is 0 Å². The highest BCUT2D eigenvalue weighted by atomic mass is 16.2. The van der Waals surface area contributed by atoms with Gasteiger partial charge in [0.05, 0.1) is 30.1 Å². The number of urea groups is 1. The van der Waals surface area contributed by atoms with Crippen LogP contribution in [-0.4, -0.2) is 26.3 Å². The van der Waals surface area contributed by atoms with Crippen molar-refractivity contribution < 1.29 is 9.59 Å². The number of allylic oxidation sites excluding steroid dienone is 1. The zero-order valence-electron chi connectivity index (χ0n) is 15.6. The van der Waals surface area contributed by atoms with Gasteiger partial charge in [-0.2, -0.15) is 0 Å². The molecule has 0 spiro atoms. The van der Waals surface area contributed by atoms with Gasteiger partial charge in [-0.15, -0.1) is 0 Å². The minimum atomic E-state index is -0.563. The lowest BCUT2D eigenvalue weighted by molar-refractivity contribution is -0.118. The van der Waals surface area contributed by atoms with Crippen molar-refractivity contribution in [3.63, 3.8) is 0 Å². The number of nitrogens with one attached hydrogen (secondary N) is 3. The quantitative estimate of drug-likeness (QED) is 0.648. The summed E-state index contributed by atoms with van der Waals surface area (Å²) >= 11 is 0. The van der Waals surface area contributed by atoms with Gasteiger partial charge in [-0.25, -0.2) is 9.78 Å². The van der Waals surface area contributed by atoms with Crippen LogP contribution in [0.2, 0.25) is 0 Å². The van der Waals surface area contributed by atoms with Crippen molar-refractivity contribution in [1.82, 2.24) is 30.3 Å². The summed E-state index contributed by atoms with van der Waals surface area (Å²) in [6, 6.07) is 6.63. The molecule has 3 aromatic heterocycles. The summed E-state index contributed by atoms with van der Waals surface area (Å²) in [5.74, 6) is -0.263. The third-order valence-electron chi connectivity index (χ3n) is 4.77. The number of aryl methyl sites for hydroxylation is 1. The number of carbonyl (C=O) groups excluding carboxylic acids is 2. The lowest BCUT2D eigenvalue weighted by Gasteiger charge is -2.28. The Labute approximate surface area is 161 Å². The standard InChI is InChI=1S/C20H20N6O2/c1-12-5-4-8-26-15(10-22-18(12)26)11-23-19(27)16-13(2)24-20(28)25-17(16)14-6-3-7-21-9-14/h3-10,17H,11H2,1-2H3,(H,23,27)(H2,24,25,28)/t17-/m1/s1. The van der Waals surface area contributed by atoms with Crippen LogP contribution in [0.15, 0.2) is 60.3 Å². The van der Waals surface area contributed by atoms with Gasteiger partial charge in [0, 0.05) is 24.3 Å². The fourth-order valence-corrected chi connectivity index (χ4v) is 3.39. The molecule has 0 aromatic carbocycles. The van der Waals surface area contributed by atoms with E-state index in [2.05, 4.69) is 25.9 Å². The second-order valence-electron chi connectivity index (χ2n) is 6.67. The molecule has 28 heavy (non-hydrogen) atoms. The molecule has 4 rings (SSSR count). The maximum Gasteiger partial charge on any atom is 0.319 e. The first-order chi connectivity index (χ1) is 13.5. The van der Waals surface area contributed by atoms with Crippen molar-refractivity contribution in [2.45, 2.75) is 26.4 Å². The summed E-state index contributed by atoms with van der Waals surface area (Å²) in [6.07, 6.45) is 6.96. The maximum absolute atomic E-state index is 13.0. The van der Waals surface area contributed by atoms with Gasteiger partial charge < -0.3 is 20.4 Å². The van der Waals surface area contributed by atoms with Gasteiger partial charge in [0.2, 0.25) is 0 Å². The highest BCUT2D eigenvalue weighted by Crippen LogP contribution is 2.26. The lowest BCUT2D eigenvalue weighted by atomic mass is 9.96. The SMILES string of the molecule is CC1=C(C(=O)NCc2cnc3c(C)cccn23)[C@@H](c2cccnc2)NC(=O)N1. The Balaban J connectivity index is 1.59. The molecular weight excluding hydrogens is 356 g/mol. The predicted molar refractivity (Wildman–Crippen MR) is 103 cm³/mol. The number of hydrogen-bond acceptors (Lipinski definition) is 4. The minimum Gasteiger partial charge on any atom is -0.347 e. The summed E-state index contributed by atoms with van der Waals surface area (Å²) in [7, 11) is 0. The van der Waals surface area contributed by atoms with Crippen molar-refractivity contribution in [3.8, 4) is 0 Å². The van der Waals surface area contributed by atoms with Crippen LogP contribution in [-0.2, 0) is 11.3 Å². The van der Waals surface area contributed by atoms with Gasteiger partial charge >= 0.3 is 6.03 Å². The number of aromatic nitrogens is 3. The van der Waals surface area contributed by atoms with Crippen LogP contribution in [0.3, 0.4) is 0 Å². The van der Waals surface area contributed by atoms with Crippen LogP contribution in [0.5, 0.6) is 0 Å². The molecule has 0 unspecified atom stereocenters. The van der Waals surface area contributed by atoms with Gasteiger partial charge in [0.15, 0.2) is 0 Å². The highest BCUT2D eigenvalue weighted by molar-refractivity contribution is 5.98. The molecule has 3 N–H and O–H groups in total. The third-order valence-corrected chi connectivity index (χ3v) is 4.77. The lowest BCUT2D eigenvalue weighted by Crippen LogP contribution is -2.47. The molecule has 0 radical (unpaired) electrons. The summed E-state index contributed by atoms with van der Waals surface area (Å²) in [6.45, 7) is 4.02. The molecule has 0 saturated heterocycles. The first kappa shape index (κ1) is 17.7. The van der Waals surface area contributed by atoms with Gasteiger partial charge in [0.25, 0.3) is 5.91 Å². The molecule has 1 aliphatic heterocycles. The average molecular weight is 376 g/mol. The van der Waals surface area contributed by atoms with E-state index in [0.29, 0.717) is 17.8 Å². The predicted octanol–water partition coefficient (Wildman–Crippen LogP) is 1.98. The number of hydrogen-bond donors (Lipinski definition) is 3. The molecule has 3 aromatic rings. The van der Waals surface area contributed by atoms with E-state index in [9.17, 15) is 9.59 Å². The molecule has 0 saturated carbocycles. The molecule has 1 aliphatic rings. The smallest absolute Gasteiger partial charge is 0.319 e. The van der Waals surface area contributed by atoms with Crippen molar-refractivity contribution in [2.75, 3.05) is 0 Å². The number of carbonyl (C=O) groups is 2. The highest BCUT2D eigenvalue weighted by Gasteiger charge is 2.31. The molecule has 0 fully saturated rings. The van der Waals surface area contributed by atoms with E-state index >= 15 is 0 Å². The minimum absolute atomic E-state index is 0.263. The van der Waals surface area contributed by atoms with Crippen LogP contribution < -0.4 is 16.0 Å². The Morgan fingerprint density at radius 3 is 2.89 bits per heavy atom. The van der Waals surface area contributed by atoms with E-state index in [1.54, 1.807) is 31.6 Å². The Bertz CT molecular complexity index is 1090. The molecule has 142 valence electrons. The molecule has 8 nitrogen and oxygen atoms in total. The Morgan fingerprint density at radius 2 is 2.11 bits per heavy atom. The zero-order valence-corrected chi connectivity index (χ0v) is 15.6. The Hall–Kier alpha value is -3.68. The Morgan fingerprint density at radius 1 is 1.25 bits per heavy atom. The number of imidazole rings is 1. The van der Waals surface area contributed by atoms with Crippen molar-refractivity contribution >= 4 is 17.6 Å². The third kappa shape index (κ3) is 3.20. The number of amides is 3. The van der Waals surface area contributed by atoms with Crippen LogP contribution in [0.4, 0.5) is 4.79 Å². The fraction of sp³-hybridized carbons (Fsp3) is 0.200. The fourth-order valence-electron chi connectivity index (χ4n) is 3.39. The zero-order chi connectivity index (χ0) is 19.7. The van der Waals surface area contributed by atoms with Gasteiger partial charge in [-0.3, -0.25) is 9.78 Å². The van der Waals surface area contributed by atoms with Crippen LogP contribution >= 0.6 is 0 Å². The van der Waals surface area contributed by atoms with Crippen LogP contribution in [0.1, 0.15) is 29.8 Å². The first-order valence-electron chi connectivity index (χ1n) is 8.92. The number of rotatable bonds is 4. The van der Waals surface area contributed by atoms with Gasteiger partial charge in [0.1, 0.15) is 5.65 Å². The Kier molecular flexibility index (Phi) is 4.52. The van der Waals surface area contributed by atoms with Crippen LogP contribution in [0, 0.1) is 6.92 Å². The average Bonchev–Trinajstić information content (AvgIpc) is 3.11.